The molecule has 0 saturated heterocycles. The van der Waals surface area contributed by atoms with Crippen molar-refractivity contribution in [1.82, 2.24) is 24.1 Å². The van der Waals surface area contributed by atoms with Gasteiger partial charge in [-0.3, -0.25) is 0 Å². The van der Waals surface area contributed by atoms with Gasteiger partial charge in [0.25, 0.3) is 0 Å². The zero-order valence-electron chi connectivity index (χ0n) is 18.1. The van der Waals surface area contributed by atoms with Gasteiger partial charge in [-0.05, 0) is 23.3 Å². The number of aromatic nitrogens is 5. The minimum atomic E-state index is 0. The molecule has 3 aromatic heterocycles. The van der Waals surface area contributed by atoms with Gasteiger partial charge in [0.05, 0.1) is 0 Å². The Hall–Kier alpha value is -1.77. The van der Waals surface area contributed by atoms with Gasteiger partial charge >= 0.3 is 40.8 Å². The van der Waals surface area contributed by atoms with Gasteiger partial charge in [0.15, 0.2) is 11.6 Å². The van der Waals surface area contributed by atoms with Crippen LogP contribution in [0.25, 0.3) is 23.0 Å². The maximum atomic E-state index is 4.90. The quantitative estimate of drug-likeness (QED) is 0.190. The second-order valence-electron chi connectivity index (χ2n) is 7.14. The molecule has 0 atom stereocenters. The van der Waals surface area contributed by atoms with Gasteiger partial charge in [-0.25, -0.2) is 15.0 Å². The molecule has 0 aliphatic heterocycles. The van der Waals surface area contributed by atoms with Gasteiger partial charge in [-0.1, -0.05) is 66.7 Å². The van der Waals surface area contributed by atoms with Crippen LogP contribution in [-0.4, -0.2) is 24.1 Å². The second kappa shape index (κ2) is 14.6. The SMILES string of the molecule is [Cl-].[Cl-].[Cl-].[Nd+3].c1ccc(Cn2ccnc2-c2cccc(-c3nccn3Cc3ccccc3)n2)cc1. The molecule has 9 heteroatoms. The normalized spacial score (nSPS) is 9.65. The molecule has 34 heavy (non-hydrogen) atoms. The minimum Gasteiger partial charge on any atom is -1.00 e. The maximum Gasteiger partial charge on any atom is 3.00 e. The number of halogens is 3. The first-order valence-corrected chi connectivity index (χ1v) is 9.95. The van der Waals surface area contributed by atoms with E-state index in [0.717, 1.165) is 36.1 Å². The molecule has 0 saturated carbocycles. The third kappa shape index (κ3) is 7.12. The third-order valence-corrected chi connectivity index (χ3v) is 5.03. The molecule has 3 heterocycles. The monoisotopic (exact) mass is 638 g/mol. The summed E-state index contributed by atoms with van der Waals surface area (Å²) in [4.78, 5) is 14.0. The first-order valence-electron chi connectivity index (χ1n) is 9.95. The Morgan fingerprint density at radius 2 is 0.941 bits per heavy atom. The van der Waals surface area contributed by atoms with Crippen LogP contribution in [0, 0.1) is 40.8 Å². The molecule has 0 aliphatic carbocycles. The van der Waals surface area contributed by atoms with Gasteiger partial charge < -0.3 is 46.4 Å². The Labute approximate surface area is 250 Å². The molecule has 0 N–H and O–H groups in total. The molecule has 5 aromatic rings. The second-order valence-corrected chi connectivity index (χ2v) is 7.14. The van der Waals surface area contributed by atoms with E-state index in [1.54, 1.807) is 0 Å². The van der Waals surface area contributed by atoms with Crippen molar-refractivity contribution >= 4 is 0 Å². The predicted molar refractivity (Wildman–Crippen MR) is 118 cm³/mol. The van der Waals surface area contributed by atoms with Crippen molar-refractivity contribution in [2.45, 2.75) is 13.1 Å². The van der Waals surface area contributed by atoms with E-state index in [1.807, 2.05) is 55.1 Å². The Morgan fingerprint density at radius 1 is 0.529 bits per heavy atom. The topological polar surface area (TPSA) is 48.5 Å². The molecule has 0 bridgehead atoms. The fraction of sp³-hybridized carbons (Fsp3) is 0.0800. The van der Waals surface area contributed by atoms with E-state index < -0.39 is 0 Å². The number of rotatable bonds is 6. The summed E-state index contributed by atoms with van der Waals surface area (Å²) in [6.45, 7) is 1.51. The molecule has 0 amide bonds. The number of imidazole rings is 2. The predicted octanol–water partition coefficient (Wildman–Crippen LogP) is -4.08. The van der Waals surface area contributed by atoms with Crippen LogP contribution in [0.1, 0.15) is 11.1 Å². The van der Waals surface area contributed by atoms with E-state index >= 15 is 0 Å². The van der Waals surface area contributed by atoms with Crippen LogP contribution in [0.3, 0.4) is 0 Å². The van der Waals surface area contributed by atoms with Crippen molar-refractivity contribution in [2.75, 3.05) is 0 Å². The van der Waals surface area contributed by atoms with Crippen LogP contribution >= 0.6 is 0 Å². The number of benzene rings is 2. The van der Waals surface area contributed by atoms with Gasteiger partial charge in [-0.2, -0.15) is 0 Å². The number of hydrogen-bond donors (Lipinski definition) is 0. The summed E-state index contributed by atoms with van der Waals surface area (Å²) < 4.78 is 4.25. The van der Waals surface area contributed by atoms with Crippen LogP contribution < -0.4 is 37.2 Å². The van der Waals surface area contributed by atoms with Crippen LogP contribution in [0.4, 0.5) is 0 Å². The van der Waals surface area contributed by atoms with Crippen LogP contribution in [-0.2, 0) is 13.1 Å². The Morgan fingerprint density at radius 3 is 1.35 bits per heavy atom. The van der Waals surface area contributed by atoms with E-state index in [9.17, 15) is 0 Å². The zero-order chi connectivity index (χ0) is 20.2. The smallest absolute Gasteiger partial charge is 1.00 e. The molecular weight excluding hydrogens is 621 g/mol. The summed E-state index contributed by atoms with van der Waals surface area (Å²) in [5.74, 6) is 1.70. The van der Waals surface area contributed by atoms with E-state index in [-0.39, 0.29) is 78.1 Å². The third-order valence-electron chi connectivity index (χ3n) is 5.03. The first-order chi connectivity index (χ1) is 14.9. The molecule has 171 valence electrons. The van der Waals surface area contributed by atoms with Crippen LogP contribution in [0.5, 0.6) is 0 Å². The summed E-state index contributed by atoms with van der Waals surface area (Å²) in [6.07, 6.45) is 7.63. The Kier molecular flexibility index (Phi) is 13.0. The molecule has 2 aromatic carbocycles. The average Bonchev–Trinajstić information content (AvgIpc) is 3.45. The van der Waals surface area contributed by atoms with Crippen LogP contribution in [0.2, 0.25) is 0 Å². The van der Waals surface area contributed by atoms with Crippen molar-refractivity contribution in [3.63, 3.8) is 0 Å². The van der Waals surface area contributed by atoms with Crippen LogP contribution in [0.15, 0.2) is 104 Å². The largest absolute Gasteiger partial charge is 3.00 e. The van der Waals surface area contributed by atoms with E-state index in [2.05, 4.69) is 67.6 Å². The van der Waals surface area contributed by atoms with Gasteiger partial charge in [0.2, 0.25) is 0 Å². The summed E-state index contributed by atoms with van der Waals surface area (Å²) in [5, 5.41) is 0. The van der Waals surface area contributed by atoms with Gasteiger partial charge in [0.1, 0.15) is 11.4 Å². The maximum absolute atomic E-state index is 4.90. The fourth-order valence-electron chi connectivity index (χ4n) is 3.58. The standard InChI is InChI=1S/C25H21N5.3ClH.Nd/c1-3-8-20(9-4-1)18-29-16-14-26-24(29)22-12-7-13-23(28-22)25-27-15-17-30(25)19-21-10-5-2-6-11-21;;;;/h1-17H,18-19H2;3*1H;/q;;;;+3/p-3. The summed E-state index contributed by atoms with van der Waals surface area (Å²) in [6, 6.07) is 26.8. The van der Waals surface area contributed by atoms with Gasteiger partial charge in [0, 0.05) is 37.9 Å². The first kappa shape index (κ1) is 30.3. The summed E-state index contributed by atoms with van der Waals surface area (Å²) in [5.41, 5.74) is 4.13. The molecular formula is C25H21Cl3N5Nd. The Balaban J connectivity index is 0.00000144. The van der Waals surface area contributed by atoms with E-state index in [0.29, 0.717) is 0 Å². The fourth-order valence-corrected chi connectivity index (χ4v) is 3.58. The molecule has 0 spiro atoms. The van der Waals surface area contributed by atoms with Crippen molar-refractivity contribution in [3.05, 3.63) is 115 Å². The minimum absolute atomic E-state index is 0. The number of pyridine rings is 1. The molecule has 0 unspecified atom stereocenters. The molecule has 5 nitrogen and oxygen atoms in total. The van der Waals surface area contributed by atoms with Crippen molar-refractivity contribution in [3.8, 4) is 23.0 Å². The summed E-state index contributed by atoms with van der Waals surface area (Å²) in [7, 11) is 0. The molecule has 1 radical (unpaired) electrons. The van der Waals surface area contributed by atoms with E-state index in [1.165, 1.54) is 11.1 Å². The summed E-state index contributed by atoms with van der Waals surface area (Å²) >= 11 is 0. The number of nitrogens with zero attached hydrogens (tertiary/aromatic N) is 5. The average molecular weight is 642 g/mol. The van der Waals surface area contributed by atoms with Crippen molar-refractivity contribution in [1.29, 1.82) is 0 Å². The number of hydrogen-bond acceptors (Lipinski definition) is 3. The Bertz CT molecular complexity index is 1160. The van der Waals surface area contributed by atoms with Crippen molar-refractivity contribution < 1.29 is 78.1 Å². The molecule has 0 fully saturated rings. The van der Waals surface area contributed by atoms with Crippen molar-refractivity contribution in [2.24, 2.45) is 0 Å². The molecule has 5 rings (SSSR count). The molecule has 0 aliphatic rings. The van der Waals surface area contributed by atoms with E-state index in [4.69, 9.17) is 4.98 Å². The zero-order valence-corrected chi connectivity index (χ0v) is 23.6. The van der Waals surface area contributed by atoms with Gasteiger partial charge in [-0.15, -0.1) is 0 Å².